The molecule has 8 heteroatoms. The summed E-state index contributed by atoms with van der Waals surface area (Å²) < 4.78 is 23.1. The number of methoxy groups -OCH3 is 2. The Hall–Kier alpha value is -3.03. The maximum Gasteiger partial charge on any atom is 0.337 e. The Morgan fingerprint density at radius 2 is 1.98 bits per heavy atom. The van der Waals surface area contributed by atoms with Gasteiger partial charge in [0, 0.05) is 30.6 Å². The van der Waals surface area contributed by atoms with Gasteiger partial charge in [-0.05, 0) is 117 Å². The van der Waals surface area contributed by atoms with Gasteiger partial charge in [0.2, 0.25) is 0 Å². The molecular weight excluding hydrogens is 578 g/mol. The van der Waals surface area contributed by atoms with Crippen molar-refractivity contribution < 1.29 is 28.5 Å². The molecular formula is C36H44ClNO6. The molecule has 0 unspecified atom stereocenters. The number of benzene rings is 2. The quantitative estimate of drug-likeness (QED) is 0.234. The van der Waals surface area contributed by atoms with Gasteiger partial charge in [0.25, 0.3) is 0 Å². The van der Waals surface area contributed by atoms with Crippen molar-refractivity contribution in [3.05, 3.63) is 69.8 Å². The Morgan fingerprint density at radius 3 is 2.68 bits per heavy atom. The van der Waals surface area contributed by atoms with Crippen LogP contribution in [0.5, 0.6) is 5.75 Å². The summed E-state index contributed by atoms with van der Waals surface area (Å²) in [6.07, 6.45) is 9.98. The third kappa shape index (κ3) is 5.97. The molecule has 2 aromatic rings. The number of hydrogen-bond acceptors (Lipinski definition) is 7. The molecule has 5 atom stereocenters. The summed E-state index contributed by atoms with van der Waals surface area (Å²) in [7, 11) is 3.23. The molecule has 0 saturated heterocycles. The fourth-order valence-corrected chi connectivity index (χ4v) is 8.24. The second kappa shape index (κ2) is 13.1. The molecule has 0 aromatic heterocycles. The average molecular weight is 622 g/mol. The molecule has 4 aliphatic rings. The highest BCUT2D eigenvalue weighted by Crippen LogP contribution is 2.48. The van der Waals surface area contributed by atoms with Crippen LogP contribution in [-0.4, -0.2) is 58.6 Å². The van der Waals surface area contributed by atoms with Gasteiger partial charge in [-0.15, -0.1) is 0 Å². The molecule has 0 amide bonds. The van der Waals surface area contributed by atoms with Crippen molar-refractivity contribution in [2.45, 2.75) is 69.8 Å². The van der Waals surface area contributed by atoms with Gasteiger partial charge < -0.3 is 23.8 Å². The van der Waals surface area contributed by atoms with Gasteiger partial charge >= 0.3 is 11.9 Å². The summed E-state index contributed by atoms with van der Waals surface area (Å²) in [6.45, 7) is 4.49. The van der Waals surface area contributed by atoms with Crippen molar-refractivity contribution in [3.8, 4) is 5.75 Å². The molecule has 0 N–H and O–H groups in total. The molecule has 0 radical (unpaired) electrons. The number of anilines is 1. The van der Waals surface area contributed by atoms with E-state index in [9.17, 15) is 9.59 Å². The number of allylic oxidation sites excluding steroid dienone is 1. The number of aryl methyl sites for hydroxylation is 1. The van der Waals surface area contributed by atoms with E-state index in [1.165, 1.54) is 23.8 Å². The van der Waals surface area contributed by atoms with E-state index >= 15 is 0 Å². The maximum atomic E-state index is 12.6. The summed E-state index contributed by atoms with van der Waals surface area (Å²) in [5, 5.41) is 0.770. The first-order chi connectivity index (χ1) is 21.4. The lowest BCUT2D eigenvalue weighted by Crippen LogP contribution is -2.50. The molecule has 6 rings (SSSR count). The van der Waals surface area contributed by atoms with Gasteiger partial charge in [-0.3, -0.25) is 4.79 Å². The molecule has 2 aromatic carbocycles. The fraction of sp³-hybridized carbons (Fsp3) is 0.556. The maximum absolute atomic E-state index is 12.6. The molecule has 1 saturated carbocycles. The van der Waals surface area contributed by atoms with E-state index in [0.717, 1.165) is 74.5 Å². The van der Waals surface area contributed by atoms with E-state index in [1.54, 1.807) is 6.07 Å². The number of nitrogens with zero attached hydrogens (tertiary/aromatic N) is 1. The van der Waals surface area contributed by atoms with Gasteiger partial charge in [-0.25, -0.2) is 4.79 Å². The molecule has 236 valence electrons. The second-order valence-corrected chi connectivity index (χ2v) is 13.4. The molecule has 3 aliphatic carbocycles. The van der Waals surface area contributed by atoms with E-state index in [1.807, 2.05) is 32.2 Å². The first kappa shape index (κ1) is 31.0. The van der Waals surface area contributed by atoms with Gasteiger partial charge in [-0.1, -0.05) is 23.7 Å². The highest BCUT2D eigenvalue weighted by atomic mass is 35.5. The Bertz CT molecular complexity index is 1420. The van der Waals surface area contributed by atoms with Gasteiger partial charge in [0.15, 0.2) is 0 Å². The number of halogens is 1. The van der Waals surface area contributed by atoms with Crippen molar-refractivity contribution >= 4 is 29.2 Å². The molecule has 7 nitrogen and oxygen atoms in total. The molecule has 1 heterocycles. The van der Waals surface area contributed by atoms with Crippen LogP contribution >= 0.6 is 11.6 Å². The second-order valence-electron chi connectivity index (χ2n) is 12.9. The zero-order chi connectivity index (χ0) is 30.8. The van der Waals surface area contributed by atoms with Crippen molar-refractivity contribution in [1.29, 1.82) is 0 Å². The van der Waals surface area contributed by atoms with Crippen LogP contribution < -0.4 is 9.64 Å². The van der Waals surface area contributed by atoms with Crippen molar-refractivity contribution in [2.75, 3.05) is 45.4 Å². The summed E-state index contributed by atoms with van der Waals surface area (Å²) in [5.74, 6) is 1.10. The third-order valence-electron chi connectivity index (χ3n) is 10.5. The molecule has 1 fully saturated rings. The summed E-state index contributed by atoms with van der Waals surface area (Å²) in [4.78, 5) is 27.4. The first-order valence-corrected chi connectivity index (χ1v) is 16.5. The smallest absolute Gasteiger partial charge is 0.337 e. The lowest BCUT2D eigenvalue weighted by Gasteiger charge is -2.47. The van der Waals surface area contributed by atoms with Crippen LogP contribution in [0.4, 0.5) is 5.69 Å². The number of fused-ring (bicyclic) bond motifs is 3. The van der Waals surface area contributed by atoms with Crippen LogP contribution in [0.1, 0.15) is 73.4 Å². The minimum atomic E-state index is -0.351. The Kier molecular flexibility index (Phi) is 9.25. The van der Waals surface area contributed by atoms with Crippen LogP contribution in [0.2, 0.25) is 5.02 Å². The van der Waals surface area contributed by atoms with E-state index in [-0.39, 0.29) is 29.4 Å². The van der Waals surface area contributed by atoms with Crippen LogP contribution in [0.15, 0.2) is 48.0 Å². The molecule has 44 heavy (non-hydrogen) atoms. The zero-order valence-electron chi connectivity index (χ0n) is 26.1. The molecule has 0 bridgehead atoms. The Balaban J connectivity index is 1.28. The topological polar surface area (TPSA) is 74.3 Å². The monoisotopic (exact) mass is 621 g/mol. The third-order valence-corrected chi connectivity index (χ3v) is 10.7. The Morgan fingerprint density at radius 1 is 1.11 bits per heavy atom. The first-order valence-electron chi connectivity index (χ1n) is 16.1. The van der Waals surface area contributed by atoms with Crippen molar-refractivity contribution in [2.24, 2.45) is 17.8 Å². The number of esters is 2. The average Bonchev–Trinajstić information content (AvgIpc) is 3.18. The van der Waals surface area contributed by atoms with Gasteiger partial charge in [-0.2, -0.15) is 0 Å². The number of rotatable bonds is 8. The predicted octanol–water partition coefficient (Wildman–Crippen LogP) is 6.93. The SMILES string of the molecule is CCOC(=O)[C@H]1CC=C([C@@H](OC)[C@@H]2CC[C@H]2CN2C[C@@]3(CCCc4cc(Cl)ccc43)COc3ccc(C(=O)OC)cc32)CC1. The summed E-state index contributed by atoms with van der Waals surface area (Å²) in [5.41, 5.74) is 5.22. The summed E-state index contributed by atoms with van der Waals surface area (Å²) in [6, 6.07) is 12.0. The lowest BCUT2D eigenvalue weighted by atomic mass is 9.66. The standard InChI is InChI=1S/C36H44ClNO6/c1-4-43-35(40)24-9-7-23(8-10-24)33(41-2)29-14-11-27(29)20-38-21-36(17-5-6-25-18-28(37)13-15-30(25)36)22-44-32-16-12-26(19-31(32)38)34(39)42-3/h7,12-13,15-16,18-19,24,27,29,33H,4-6,8-11,14,17,20-22H2,1-3H3/t24-,27-,29+,33+,36-/m0/s1. The van der Waals surface area contributed by atoms with Crippen molar-refractivity contribution in [1.82, 2.24) is 0 Å². The Labute approximate surface area is 265 Å². The largest absolute Gasteiger partial charge is 0.490 e. The highest BCUT2D eigenvalue weighted by Gasteiger charge is 2.45. The minimum Gasteiger partial charge on any atom is -0.490 e. The molecule has 1 spiro atoms. The summed E-state index contributed by atoms with van der Waals surface area (Å²) >= 11 is 6.43. The van der Waals surface area contributed by atoms with Gasteiger partial charge in [0.1, 0.15) is 5.75 Å². The number of hydrogen-bond donors (Lipinski definition) is 0. The number of carbonyl (C=O) groups excluding carboxylic acids is 2. The van der Waals surface area contributed by atoms with Crippen LogP contribution in [0.3, 0.4) is 0 Å². The minimum absolute atomic E-state index is 0.0347. The number of ether oxygens (including phenoxy) is 4. The van der Waals surface area contributed by atoms with Gasteiger partial charge in [0.05, 0.1) is 43.6 Å². The van der Waals surface area contributed by atoms with Crippen LogP contribution in [-0.2, 0) is 30.8 Å². The van der Waals surface area contributed by atoms with E-state index < -0.39 is 0 Å². The van der Waals surface area contributed by atoms with E-state index in [2.05, 4.69) is 23.1 Å². The van der Waals surface area contributed by atoms with Crippen molar-refractivity contribution in [3.63, 3.8) is 0 Å². The van der Waals surface area contributed by atoms with E-state index in [0.29, 0.717) is 37.0 Å². The lowest BCUT2D eigenvalue weighted by molar-refractivity contribution is -0.148. The highest BCUT2D eigenvalue weighted by molar-refractivity contribution is 6.30. The predicted molar refractivity (Wildman–Crippen MR) is 171 cm³/mol. The van der Waals surface area contributed by atoms with Crippen LogP contribution in [0, 0.1) is 17.8 Å². The van der Waals surface area contributed by atoms with Crippen LogP contribution in [0.25, 0.3) is 0 Å². The normalized spacial score (nSPS) is 26.7. The van der Waals surface area contributed by atoms with E-state index in [4.69, 9.17) is 30.5 Å². The zero-order valence-corrected chi connectivity index (χ0v) is 26.9. The number of carbonyl (C=O) groups is 2. The molecule has 1 aliphatic heterocycles. The fourth-order valence-electron chi connectivity index (χ4n) is 8.05.